The molecule has 30 heavy (non-hydrogen) atoms. The summed E-state index contributed by atoms with van der Waals surface area (Å²) in [5, 5.41) is 0. The lowest BCUT2D eigenvalue weighted by molar-refractivity contribution is -0.134. The standard InChI is InChI=1S/C25H31N3O2/c1-2-28-14-13-27(17-21-4-3-15-30-19-21)18-24(25(28)29)16-20-5-7-22(8-6-20)23-9-11-26-12-10-23/h4-12,24H,2-3,13-19H2,1H3. The summed E-state index contributed by atoms with van der Waals surface area (Å²) in [5.41, 5.74) is 4.89. The first-order valence-electron chi connectivity index (χ1n) is 11.0. The number of ether oxygens (including phenoxy) is 1. The zero-order chi connectivity index (χ0) is 20.8. The van der Waals surface area contributed by atoms with E-state index in [0.29, 0.717) is 0 Å². The molecule has 0 spiro atoms. The first-order valence-corrected chi connectivity index (χ1v) is 11.0. The fourth-order valence-corrected chi connectivity index (χ4v) is 4.39. The number of amides is 1. The van der Waals surface area contributed by atoms with Crippen molar-refractivity contribution in [2.75, 3.05) is 45.9 Å². The van der Waals surface area contributed by atoms with Crippen LogP contribution in [0.2, 0.25) is 0 Å². The molecular formula is C25H31N3O2. The summed E-state index contributed by atoms with van der Waals surface area (Å²) in [4.78, 5) is 21.7. The molecule has 158 valence electrons. The normalized spacial score (nSPS) is 20.7. The maximum Gasteiger partial charge on any atom is 0.227 e. The van der Waals surface area contributed by atoms with E-state index in [1.807, 2.05) is 29.4 Å². The predicted molar refractivity (Wildman–Crippen MR) is 119 cm³/mol. The smallest absolute Gasteiger partial charge is 0.227 e. The maximum absolute atomic E-state index is 13.2. The van der Waals surface area contributed by atoms with Gasteiger partial charge in [0, 0.05) is 45.1 Å². The Morgan fingerprint density at radius 3 is 2.53 bits per heavy atom. The summed E-state index contributed by atoms with van der Waals surface area (Å²) in [6.07, 6.45) is 7.71. The quantitative estimate of drug-likeness (QED) is 0.691. The van der Waals surface area contributed by atoms with Gasteiger partial charge in [0.15, 0.2) is 0 Å². The van der Waals surface area contributed by atoms with Crippen LogP contribution < -0.4 is 0 Å². The van der Waals surface area contributed by atoms with Crippen LogP contribution in [0, 0.1) is 5.92 Å². The van der Waals surface area contributed by atoms with E-state index in [0.717, 1.165) is 64.3 Å². The van der Waals surface area contributed by atoms with Crippen LogP contribution in [0.15, 0.2) is 60.4 Å². The fraction of sp³-hybridized carbons (Fsp3) is 0.440. The van der Waals surface area contributed by atoms with Gasteiger partial charge in [-0.15, -0.1) is 0 Å². The summed E-state index contributed by atoms with van der Waals surface area (Å²) in [6.45, 7) is 7.84. The van der Waals surface area contributed by atoms with E-state index in [1.165, 1.54) is 16.7 Å². The number of nitrogens with zero attached hydrogens (tertiary/aromatic N) is 3. The molecule has 1 fully saturated rings. The van der Waals surface area contributed by atoms with E-state index in [9.17, 15) is 4.79 Å². The minimum Gasteiger partial charge on any atom is -0.377 e. The van der Waals surface area contributed by atoms with Gasteiger partial charge < -0.3 is 9.64 Å². The van der Waals surface area contributed by atoms with E-state index in [-0.39, 0.29) is 11.8 Å². The number of likely N-dealkylation sites (N-methyl/N-ethyl adjacent to an activating group) is 1. The van der Waals surface area contributed by atoms with Crippen molar-refractivity contribution >= 4 is 5.91 Å². The Bertz CT molecular complexity index is 864. The first kappa shape index (κ1) is 20.8. The molecule has 3 heterocycles. The van der Waals surface area contributed by atoms with E-state index < -0.39 is 0 Å². The lowest BCUT2D eigenvalue weighted by Crippen LogP contribution is -2.37. The van der Waals surface area contributed by atoms with Crippen molar-refractivity contribution < 1.29 is 9.53 Å². The highest BCUT2D eigenvalue weighted by atomic mass is 16.5. The fourth-order valence-electron chi connectivity index (χ4n) is 4.39. The van der Waals surface area contributed by atoms with Crippen LogP contribution in [0.4, 0.5) is 0 Å². The van der Waals surface area contributed by atoms with Crippen LogP contribution in [0.3, 0.4) is 0 Å². The molecule has 1 aromatic heterocycles. The predicted octanol–water partition coefficient (Wildman–Crippen LogP) is 3.42. The zero-order valence-corrected chi connectivity index (χ0v) is 17.8. The Kier molecular flexibility index (Phi) is 6.92. The van der Waals surface area contributed by atoms with Crippen molar-refractivity contribution in [1.29, 1.82) is 0 Å². The molecule has 1 aromatic carbocycles. The highest BCUT2D eigenvalue weighted by molar-refractivity contribution is 5.79. The van der Waals surface area contributed by atoms with E-state index in [2.05, 4.69) is 47.1 Å². The second kappa shape index (κ2) is 10.0. The minimum atomic E-state index is -0.00988. The van der Waals surface area contributed by atoms with Crippen molar-refractivity contribution in [1.82, 2.24) is 14.8 Å². The Balaban J connectivity index is 1.46. The van der Waals surface area contributed by atoms with Gasteiger partial charge in [0.25, 0.3) is 0 Å². The number of carbonyl (C=O) groups excluding carboxylic acids is 1. The topological polar surface area (TPSA) is 45.7 Å². The molecule has 0 radical (unpaired) electrons. The molecule has 0 N–H and O–H groups in total. The molecule has 2 aliphatic heterocycles. The average molecular weight is 406 g/mol. The van der Waals surface area contributed by atoms with Crippen LogP contribution in [0.5, 0.6) is 0 Å². The van der Waals surface area contributed by atoms with E-state index in [4.69, 9.17) is 4.74 Å². The van der Waals surface area contributed by atoms with Crippen molar-refractivity contribution in [2.45, 2.75) is 19.8 Å². The third kappa shape index (κ3) is 5.15. The molecule has 5 nitrogen and oxygen atoms in total. The number of benzene rings is 1. The van der Waals surface area contributed by atoms with Crippen molar-refractivity contribution in [3.8, 4) is 11.1 Å². The van der Waals surface area contributed by atoms with Crippen LogP contribution >= 0.6 is 0 Å². The highest BCUT2D eigenvalue weighted by Crippen LogP contribution is 2.22. The molecule has 1 amide bonds. The van der Waals surface area contributed by atoms with Gasteiger partial charge in [0.2, 0.25) is 5.91 Å². The summed E-state index contributed by atoms with van der Waals surface area (Å²) >= 11 is 0. The van der Waals surface area contributed by atoms with Crippen molar-refractivity contribution in [2.24, 2.45) is 5.92 Å². The molecule has 0 aliphatic carbocycles. The third-order valence-electron chi connectivity index (χ3n) is 6.07. The Morgan fingerprint density at radius 2 is 1.83 bits per heavy atom. The molecule has 4 rings (SSSR count). The maximum atomic E-state index is 13.2. The molecule has 0 saturated carbocycles. The van der Waals surface area contributed by atoms with Crippen LogP contribution in [0.25, 0.3) is 11.1 Å². The first-order chi connectivity index (χ1) is 14.7. The van der Waals surface area contributed by atoms with Crippen LogP contribution in [-0.4, -0.2) is 66.6 Å². The van der Waals surface area contributed by atoms with Gasteiger partial charge >= 0.3 is 0 Å². The van der Waals surface area contributed by atoms with Gasteiger partial charge in [-0.25, -0.2) is 0 Å². The largest absolute Gasteiger partial charge is 0.377 e. The van der Waals surface area contributed by atoms with Gasteiger partial charge in [-0.1, -0.05) is 30.3 Å². The lowest BCUT2D eigenvalue weighted by Gasteiger charge is -2.25. The number of pyridine rings is 1. The molecular weight excluding hydrogens is 374 g/mol. The van der Waals surface area contributed by atoms with Crippen LogP contribution in [-0.2, 0) is 16.0 Å². The summed E-state index contributed by atoms with van der Waals surface area (Å²) in [7, 11) is 0. The number of hydrogen-bond acceptors (Lipinski definition) is 4. The zero-order valence-electron chi connectivity index (χ0n) is 17.8. The molecule has 2 aromatic rings. The Labute approximate surface area is 179 Å². The summed E-state index contributed by atoms with van der Waals surface area (Å²) < 4.78 is 5.61. The number of hydrogen-bond donors (Lipinski definition) is 0. The highest BCUT2D eigenvalue weighted by Gasteiger charge is 2.30. The number of aromatic nitrogens is 1. The average Bonchev–Trinajstić information content (AvgIpc) is 2.94. The van der Waals surface area contributed by atoms with E-state index in [1.54, 1.807) is 0 Å². The monoisotopic (exact) mass is 405 g/mol. The number of rotatable bonds is 6. The van der Waals surface area contributed by atoms with Gasteiger partial charge in [0.1, 0.15) is 0 Å². The van der Waals surface area contributed by atoms with Gasteiger partial charge in [-0.3, -0.25) is 14.7 Å². The van der Waals surface area contributed by atoms with Gasteiger partial charge in [-0.05, 0) is 54.2 Å². The second-order valence-electron chi connectivity index (χ2n) is 8.19. The van der Waals surface area contributed by atoms with E-state index >= 15 is 0 Å². The third-order valence-corrected chi connectivity index (χ3v) is 6.07. The molecule has 2 aliphatic rings. The Morgan fingerprint density at radius 1 is 1.07 bits per heavy atom. The van der Waals surface area contributed by atoms with Gasteiger partial charge in [-0.2, -0.15) is 0 Å². The number of carbonyl (C=O) groups is 1. The summed E-state index contributed by atoms with van der Waals surface area (Å²) in [5.74, 6) is 0.274. The molecule has 1 unspecified atom stereocenters. The lowest BCUT2D eigenvalue weighted by atomic mass is 9.95. The SMILES string of the molecule is CCN1CCN(CC2=CCCOC2)CC(Cc2ccc(-c3ccncc3)cc2)C1=O. The Hall–Kier alpha value is -2.50. The molecule has 0 bridgehead atoms. The van der Waals surface area contributed by atoms with Crippen LogP contribution in [0.1, 0.15) is 18.9 Å². The second-order valence-corrected chi connectivity index (χ2v) is 8.19. The van der Waals surface area contributed by atoms with Gasteiger partial charge in [0.05, 0.1) is 19.1 Å². The molecule has 5 heteroatoms. The molecule has 1 saturated heterocycles. The summed E-state index contributed by atoms with van der Waals surface area (Å²) in [6, 6.07) is 12.6. The van der Waals surface area contributed by atoms with Crippen molar-refractivity contribution in [3.63, 3.8) is 0 Å². The minimum absolute atomic E-state index is 0.00988. The molecule has 1 atom stereocenters. The van der Waals surface area contributed by atoms with Crippen molar-refractivity contribution in [3.05, 3.63) is 66.0 Å².